The van der Waals surface area contributed by atoms with E-state index in [-0.39, 0.29) is 6.61 Å². The van der Waals surface area contributed by atoms with Crippen LogP contribution in [0.5, 0.6) is 11.5 Å². The molecule has 2 aromatic carbocycles. The van der Waals surface area contributed by atoms with Crippen LogP contribution < -0.4 is 20.3 Å². The summed E-state index contributed by atoms with van der Waals surface area (Å²) in [7, 11) is 0. The Bertz CT molecular complexity index is 742. The molecule has 0 radical (unpaired) electrons. The largest absolute Gasteiger partial charge is 0.493 e. The Morgan fingerprint density at radius 1 is 0.962 bits per heavy atom. The van der Waals surface area contributed by atoms with Gasteiger partial charge in [0.05, 0.1) is 6.61 Å². The first-order chi connectivity index (χ1) is 12.5. The molecular weight excluding hydrogens is 332 g/mol. The number of carbonyl (C=O) groups is 2. The van der Waals surface area contributed by atoms with Crippen molar-refractivity contribution in [3.63, 3.8) is 0 Å². The van der Waals surface area contributed by atoms with E-state index in [4.69, 9.17) is 9.47 Å². The van der Waals surface area contributed by atoms with Crippen LogP contribution in [0.3, 0.4) is 0 Å². The van der Waals surface area contributed by atoms with Gasteiger partial charge in [0.1, 0.15) is 11.5 Å². The summed E-state index contributed by atoms with van der Waals surface area (Å²) in [4.78, 5) is 23.8. The summed E-state index contributed by atoms with van der Waals surface area (Å²) in [6.07, 6.45) is 0. The summed E-state index contributed by atoms with van der Waals surface area (Å²) < 4.78 is 11.0. The van der Waals surface area contributed by atoms with Gasteiger partial charge in [0.25, 0.3) is 11.8 Å². The number of ether oxygens (including phenoxy) is 2. The number of amides is 2. The fraction of sp³-hybridized carbons (Fsp3) is 0.300. The predicted molar refractivity (Wildman–Crippen MR) is 99.1 cm³/mol. The van der Waals surface area contributed by atoms with Gasteiger partial charge in [-0.05, 0) is 48.7 Å². The number of benzene rings is 2. The number of aryl methyl sites for hydroxylation is 1. The molecule has 0 saturated heterocycles. The van der Waals surface area contributed by atoms with Gasteiger partial charge in [-0.25, -0.2) is 0 Å². The van der Waals surface area contributed by atoms with Crippen LogP contribution in [0, 0.1) is 12.8 Å². The van der Waals surface area contributed by atoms with Crippen LogP contribution >= 0.6 is 0 Å². The highest BCUT2D eigenvalue weighted by atomic mass is 16.5. The van der Waals surface area contributed by atoms with E-state index in [0.29, 0.717) is 29.6 Å². The van der Waals surface area contributed by atoms with E-state index in [9.17, 15) is 9.59 Å². The molecule has 0 spiro atoms. The van der Waals surface area contributed by atoms with Crippen LogP contribution in [0.25, 0.3) is 0 Å². The van der Waals surface area contributed by atoms with Crippen LogP contribution in [-0.2, 0) is 4.79 Å². The van der Waals surface area contributed by atoms with Gasteiger partial charge in [0, 0.05) is 5.56 Å². The first-order valence-corrected chi connectivity index (χ1v) is 8.46. The number of hydrogen-bond acceptors (Lipinski definition) is 4. The molecule has 0 aliphatic rings. The van der Waals surface area contributed by atoms with Gasteiger partial charge < -0.3 is 9.47 Å². The van der Waals surface area contributed by atoms with Crippen LogP contribution in [0.15, 0.2) is 48.5 Å². The molecule has 0 aliphatic heterocycles. The summed E-state index contributed by atoms with van der Waals surface area (Å²) in [6.45, 7) is 6.44. The zero-order valence-electron chi connectivity index (χ0n) is 15.2. The van der Waals surface area contributed by atoms with Gasteiger partial charge in [-0.1, -0.05) is 32.0 Å². The normalized spacial score (nSPS) is 10.3. The number of carbonyl (C=O) groups excluding carboxylic acids is 2. The number of nitrogens with one attached hydrogen (secondary N) is 2. The Labute approximate surface area is 153 Å². The Kier molecular flexibility index (Phi) is 7.02. The van der Waals surface area contributed by atoms with E-state index >= 15 is 0 Å². The summed E-state index contributed by atoms with van der Waals surface area (Å²) in [5, 5.41) is 0. The number of para-hydroxylation sites is 1. The summed E-state index contributed by atoms with van der Waals surface area (Å²) in [5.41, 5.74) is 6.04. The fourth-order valence-corrected chi connectivity index (χ4v) is 2.06. The molecule has 0 bridgehead atoms. The highest BCUT2D eigenvalue weighted by Gasteiger charge is 2.09. The summed E-state index contributed by atoms with van der Waals surface area (Å²) in [6, 6.07) is 14.1. The molecular formula is C20H24N2O4. The van der Waals surface area contributed by atoms with E-state index < -0.39 is 11.8 Å². The van der Waals surface area contributed by atoms with Crippen molar-refractivity contribution >= 4 is 11.8 Å². The third kappa shape index (κ3) is 6.12. The Morgan fingerprint density at radius 3 is 2.31 bits per heavy atom. The molecule has 0 saturated carbocycles. The van der Waals surface area contributed by atoms with Crippen molar-refractivity contribution in [2.45, 2.75) is 20.8 Å². The van der Waals surface area contributed by atoms with Crippen LogP contribution in [0.1, 0.15) is 29.8 Å². The van der Waals surface area contributed by atoms with Gasteiger partial charge in [-0.2, -0.15) is 0 Å². The summed E-state index contributed by atoms with van der Waals surface area (Å²) >= 11 is 0. The van der Waals surface area contributed by atoms with Gasteiger partial charge in [-0.15, -0.1) is 0 Å². The minimum atomic E-state index is -0.446. The lowest BCUT2D eigenvalue weighted by Crippen LogP contribution is -2.43. The second-order valence-electron chi connectivity index (χ2n) is 6.29. The number of hydrazine groups is 1. The van der Waals surface area contributed by atoms with Crippen molar-refractivity contribution in [1.29, 1.82) is 0 Å². The molecule has 0 aromatic heterocycles. The lowest BCUT2D eigenvalue weighted by molar-refractivity contribution is -0.123. The van der Waals surface area contributed by atoms with E-state index in [1.807, 2.05) is 25.1 Å². The van der Waals surface area contributed by atoms with E-state index in [0.717, 1.165) is 5.56 Å². The van der Waals surface area contributed by atoms with Crippen molar-refractivity contribution in [3.8, 4) is 11.5 Å². The smallest absolute Gasteiger partial charge is 0.276 e. The fourth-order valence-electron chi connectivity index (χ4n) is 2.06. The van der Waals surface area contributed by atoms with E-state index in [1.165, 1.54) is 0 Å². The Balaban J connectivity index is 1.77. The molecule has 0 fully saturated rings. The zero-order chi connectivity index (χ0) is 18.9. The molecule has 6 nitrogen and oxygen atoms in total. The lowest BCUT2D eigenvalue weighted by Gasteiger charge is -2.11. The third-order valence-corrected chi connectivity index (χ3v) is 3.47. The zero-order valence-corrected chi connectivity index (χ0v) is 15.2. The maximum atomic E-state index is 12.0. The van der Waals surface area contributed by atoms with Crippen molar-refractivity contribution in [3.05, 3.63) is 59.7 Å². The maximum absolute atomic E-state index is 12.0. The third-order valence-electron chi connectivity index (χ3n) is 3.47. The van der Waals surface area contributed by atoms with Crippen LogP contribution in [0.2, 0.25) is 0 Å². The van der Waals surface area contributed by atoms with Crippen molar-refractivity contribution in [2.75, 3.05) is 13.2 Å². The monoisotopic (exact) mass is 356 g/mol. The van der Waals surface area contributed by atoms with Gasteiger partial charge in [0.15, 0.2) is 6.61 Å². The maximum Gasteiger partial charge on any atom is 0.276 e. The van der Waals surface area contributed by atoms with Crippen molar-refractivity contribution in [1.82, 2.24) is 10.9 Å². The first-order valence-electron chi connectivity index (χ1n) is 8.46. The topological polar surface area (TPSA) is 76.7 Å². The SMILES string of the molecule is Cc1ccccc1OCC(=O)NNC(=O)c1ccc(OCC(C)C)cc1. The highest BCUT2D eigenvalue weighted by Crippen LogP contribution is 2.15. The van der Waals surface area contributed by atoms with Crippen molar-refractivity contribution in [2.24, 2.45) is 5.92 Å². The predicted octanol–water partition coefficient (Wildman–Crippen LogP) is 2.87. The standard InChI is InChI=1S/C20H24N2O4/c1-14(2)12-25-17-10-8-16(9-11-17)20(24)22-21-19(23)13-26-18-7-5-4-6-15(18)3/h4-11,14H,12-13H2,1-3H3,(H,21,23)(H,22,24). The average Bonchev–Trinajstić information content (AvgIpc) is 2.64. The van der Waals surface area contributed by atoms with Crippen LogP contribution in [-0.4, -0.2) is 25.0 Å². The molecule has 0 unspecified atom stereocenters. The van der Waals surface area contributed by atoms with E-state index in [2.05, 4.69) is 24.7 Å². The first kappa shape index (κ1) is 19.3. The molecule has 138 valence electrons. The second kappa shape index (κ2) is 9.46. The quantitative estimate of drug-likeness (QED) is 0.748. The molecule has 2 N–H and O–H groups in total. The minimum Gasteiger partial charge on any atom is -0.493 e. The summed E-state index contributed by atoms with van der Waals surface area (Å²) in [5.74, 6) is 0.898. The molecule has 0 aliphatic carbocycles. The molecule has 6 heteroatoms. The number of hydrogen-bond donors (Lipinski definition) is 2. The lowest BCUT2D eigenvalue weighted by atomic mass is 10.2. The van der Waals surface area contributed by atoms with Crippen LogP contribution in [0.4, 0.5) is 0 Å². The Morgan fingerprint density at radius 2 is 1.65 bits per heavy atom. The van der Waals surface area contributed by atoms with Gasteiger partial charge in [0.2, 0.25) is 0 Å². The van der Waals surface area contributed by atoms with Crippen molar-refractivity contribution < 1.29 is 19.1 Å². The molecule has 2 amide bonds. The van der Waals surface area contributed by atoms with Gasteiger partial charge in [-0.3, -0.25) is 20.4 Å². The minimum absolute atomic E-state index is 0.187. The molecule has 26 heavy (non-hydrogen) atoms. The molecule has 2 rings (SSSR count). The molecule has 0 atom stereocenters. The average molecular weight is 356 g/mol. The second-order valence-corrected chi connectivity index (χ2v) is 6.29. The Hall–Kier alpha value is -3.02. The van der Waals surface area contributed by atoms with E-state index in [1.54, 1.807) is 30.3 Å². The number of rotatable bonds is 7. The highest BCUT2D eigenvalue weighted by molar-refractivity contribution is 5.95. The molecule has 0 heterocycles. The molecule has 2 aromatic rings. The van der Waals surface area contributed by atoms with Gasteiger partial charge >= 0.3 is 0 Å².